The number of hydrogen-bond acceptors (Lipinski definition) is 5. The number of sulfonamides is 1. The predicted octanol–water partition coefficient (Wildman–Crippen LogP) is 5.69. The second kappa shape index (κ2) is 14.8. The average molecular weight is 654 g/mol. The fourth-order valence-electron chi connectivity index (χ4n) is 4.44. The number of ether oxygens (including phenoxy) is 1. The van der Waals surface area contributed by atoms with Crippen LogP contribution in [0.3, 0.4) is 0 Å². The van der Waals surface area contributed by atoms with Crippen molar-refractivity contribution in [1.82, 2.24) is 10.2 Å². The smallest absolute Gasteiger partial charge is 0.416 e. The van der Waals surface area contributed by atoms with E-state index in [0.717, 1.165) is 24.0 Å². The molecule has 0 aliphatic heterocycles. The molecular weight excluding hydrogens is 619 g/mol. The third-order valence-corrected chi connectivity index (χ3v) is 8.43. The number of rotatable bonds is 13. The summed E-state index contributed by atoms with van der Waals surface area (Å²) < 4.78 is 72.4. The summed E-state index contributed by atoms with van der Waals surface area (Å²) in [5.41, 5.74) is -0.334. The van der Waals surface area contributed by atoms with Crippen molar-refractivity contribution in [3.05, 3.63) is 94.5 Å². The fraction of sp³-hybridized carbons (Fsp3) is 0.355. The molecule has 0 saturated heterocycles. The van der Waals surface area contributed by atoms with Gasteiger partial charge in [-0.3, -0.25) is 13.9 Å². The molecule has 3 aromatic rings. The first-order chi connectivity index (χ1) is 20.6. The maximum Gasteiger partial charge on any atom is 0.416 e. The number of halogens is 4. The predicted molar refractivity (Wildman–Crippen MR) is 164 cm³/mol. The number of amides is 2. The van der Waals surface area contributed by atoms with E-state index in [9.17, 15) is 31.2 Å². The maximum absolute atomic E-state index is 14.2. The number of methoxy groups -OCH3 is 1. The van der Waals surface area contributed by atoms with Gasteiger partial charge in [0.1, 0.15) is 18.3 Å². The Kier molecular flexibility index (Phi) is 11.7. The Morgan fingerprint density at radius 1 is 1.00 bits per heavy atom. The van der Waals surface area contributed by atoms with Crippen molar-refractivity contribution in [2.45, 2.75) is 51.5 Å². The molecule has 8 nitrogen and oxygen atoms in total. The monoisotopic (exact) mass is 653 g/mol. The van der Waals surface area contributed by atoms with Crippen LogP contribution in [0.15, 0.2) is 72.8 Å². The fourth-order valence-corrected chi connectivity index (χ4v) is 5.56. The number of benzene rings is 3. The number of alkyl halides is 3. The second-order valence-corrected chi connectivity index (χ2v) is 12.6. The number of carbonyl (C=O) groups is 2. The van der Waals surface area contributed by atoms with Gasteiger partial charge in [0, 0.05) is 19.0 Å². The summed E-state index contributed by atoms with van der Waals surface area (Å²) in [7, 11) is -2.85. The van der Waals surface area contributed by atoms with Gasteiger partial charge < -0.3 is 15.0 Å². The van der Waals surface area contributed by atoms with Gasteiger partial charge in [-0.15, -0.1) is 0 Å². The van der Waals surface area contributed by atoms with Crippen molar-refractivity contribution in [1.29, 1.82) is 0 Å². The highest BCUT2D eigenvalue weighted by Gasteiger charge is 2.36. The van der Waals surface area contributed by atoms with Crippen LogP contribution in [-0.2, 0) is 38.8 Å². The molecule has 0 saturated carbocycles. The quantitative estimate of drug-likeness (QED) is 0.256. The van der Waals surface area contributed by atoms with Gasteiger partial charge in [-0.2, -0.15) is 13.2 Å². The van der Waals surface area contributed by atoms with E-state index in [0.29, 0.717) is 28.1 Å². The van der Waals surface area contributed by atoms with Crippen LogP contribution < -0.4 is 14.4 Å². The summed E-state index contributed by atoms with van der Waals surface area (Å²) in [6.07, 6.45) is -3.33. The Bertz CT molecular complexity index is 1550. The molecule has 2 atom stereocenters. The maximum atomic E-state index is 14.2. The molecule has 13 heteroatoms. The van der Waals surface area contributed by atoms with E-state index in [4.69, 9.17) is 16.3 Å². The molecule has 0 spiro atoms. The minimum Gasteiger partial charge on any atom is -0.497 e. The van der Waals surface area contributed by atoms with E-state index in [1.165, 1.54) is 12.0 Å². The van der Waals surface area contributed by atoms with E-state index in [1.54, 1.807) is 54.6 Å². The molecule has 1 N–H and O–H groups in total. The Morgan fingerprint density at radius 3 is 2.25 bits per heavy atom. The third kappa shape index (κ3) is 9.36. The van der Waals surface area contributed by atoms with Gasteiger partial charge in [-0.25, -0.2) is 8.42 Å². The van der Waals surface area contributed by atoms with Gasteiger partial charge in [0.05, 0.1) is 29.6 Å². The number of nitrogens with zero attached hydrogens (tertiary/aromatic N) is 2. The normalized spacial score (nSPS) is 13.1. The third-order valence-electron chi connectivity index (χ3n) is 6.98. The van der Waals surface area contributed by atoms with E-state index in [1.807, 2.05) is 13.8 Å². The highest BCUT2D eigenvalue weighted by atomic mass is 35.5. The van der Waals surface area contributed by atoms with Crippen LogP contribution in [0.1, 0.15) is 37.0 Å². The van der Waals surface area contributed by atoms with Gasteiger partial charge >= 0.3 is 6.18 Å². The minimum absolute atomic E-state index is 0.0853. The van der Waals surface area contributed by atoms with Gasteiger partial charge in [0.25, 0.3) is 0 Å². The molecule has 0 fully saturated rings. The number of carbonyl (C=O) groups excluding carboxylic acids is 2. The largest absolute Gasteiger partial charge is 0.497 e. The summed E-state index contributed by atoms with van der Waals surface area (Å²) in [5, 5.41) is 2.61. The number of hydrogen-bond donors (Lipinski definition) is 1. The van der Waals surface area contributed by atoms with Crippen molar-refractivity contribution >= 4 is 39.1 Å². The Morgan fingerprint density at radius 2 is 1.66 bits per heavy atom. The Balaban J connectivity index is 2.13. The first-order valence-corrected chi connectivity index (χ1v) is 16.0. The highest BCUT2D eigenvalue weighted by molar-refractivity contribution is 7.92. The van der Waals surface area contributed by atoms with Crippen LogP contribution in [0.5, 0.6) is 5.75 Å². The Labute approximate surface area is 260 Å². The van der Waals surface area contributed by atoms with Crippen molar-refractivity contribution in [3.63, 3.8) is 0 Å². The molecule has 44 heavy (non-hydrogen) atoms. The van der Waals surface area contributed by atoms with Crippen LogP contribution in [0.4, 0.5) is 18.9 Å². The molecule has 3 rings (SSSR count). The summed E-state index contributed by atoms with van der Waals surface area (Å²) in [6.45, 7) is 2.66. The minimum atomic E-state index is -4.79. The lowest BCUT2D eigenvalue weighted by molar-refractivity contribution is -0.140. The van der Waals surface area contributed by atoms with Crippen LogP contribution in [0.2, 0.25) is 5.02 Å². The molecule has 0 radical (unpaired) electrons. The molecule has 0 unspecified atom stereocenters. The first-order valence-electron chi connectivity index (χ1n) is 13.7. The van der Waals surface area contributed by atoms with Crippen LogP contribution in [0, 0.1) is 0 Å². The van der Waals surface area contributed by atoms with Crippen LogP contribution in [0.25, 0.3) is 0 Å². The lowest BCUT2D eigenvalue weighted by Crippen LogP contribution is -2.54. The average Bonchev–Trinajstić information content (AvgIpc) is 2.97. The molecule has 2 amide bonds. The lowest BCUT2D eigenvalue weighted by atomic mass is 10.0. The molecule has 0 bridgehead atoms. The lowest BCUT2D eigenvalue weighted by Gasteiger charge is -2.34. The summed E-state index contributed by atoms with van der Waals surface area (Å²) in [5.74, 6) is -0.804. The zero-order chi connectivity index (χ0) is 32.7. The van der Waals surface area contributed by atoms with Crippen molar-refractivity contribution < 1.29 is 35.9 Å². The van der Waals surface area contributed by atoms with Crippen LogP contribution in [-0.4, -0.2) is 57.1 Å². The Hall–Kier alpha value is -3.77. The zero-order valence-electron chi connectivity index (χ0n) is 24.8. The van der Waals surface area contributed by atoms with Gasteiger partial charge in [-0.05, 0) is 54.8 Å². The molecule has 0 aliphatic rings. The molecule has 0 aromatic heterocycles. The van der Waals surface area contributed by atoms with Crippen molar-refractivity contribution in [2.75, 3.05) is 24.2 Å². The number of anilines is 1. The van der Waals surface area contributed by atoms with E-state index < -0.39 is 51.9 Å². The molecule has 0 heterocycles. The standard InChI is InChI=1S/C31H35ClF3N3O5S/c1-5-21(2)36-30(40)28(17-22-10-7-6-8-11-22)37(19-23-12-9-13-25(16-23)43-3)29(39)20-38(44(4,41)42)27-18-24(31(33,34)35)14-15-26(27)32/h6-16,18,21,28H,5,17,19-20H2,1-4H3,(H,36,40)/t21-,28+/m1/s1. The molecular formula is C31H35ClF3N3O5S. The highest BCUT2D eigenvalue weighted by Crippen LogP contribution is 2.36. The van der Waals surface area contributed by atoms with Gasteiger partial charge in [0.15, 0.2) is 0 Å². The van der Waals surface area contributed by atoms with Gasteiger partial charge in [-0.1, -0.05) is 61.0 Å². The SMILES string of the molecule is CC[C@@H](C)NC(=O)[C@H](Cc1ccccc1)N(Cc1cccc(OC)c1)C(=O)CN(c1cc(C(F)(F)F)ccc1Cl)S(C)(=O)=O. The second-order valence-electron chi connectivity index (χ2n) is 10.3. The topological polar surface area (TPSA) is 96.0 Å². The zero-order valence-corrected chi connectivity index (χ0v) is 26.3. The van der Waals surface area contributed by atoms with Crippen LogP contribution >= 0.6 is 11.6 Å². The van der Waals surface area contributed by atoms with E-state index >= 15 is 0 Å². The van der Waals surface area contributed by atoms with E-state index in [2.05, 4.69) is 5.32 Å². The summed E-state index contributed by atoms with van der Waals surface area (Å²) in [6, 6.07) is 16.6. The van der Waals surface area contributed by atoms with Crippen molar-refractivity contribution in [2.24, 2.45) is 0 Å². The summed E-state index contributed by atoms with van der Waals surface area (Å²) >= 11 is 6.19. The molecule has 238 valence electrons. The molecule has 3 aromatic carbocycles. The molecule has 0 aliphatic carbocycles. The summed E-state index contributed by atoms with van der Waals surface area (Å²) in [4.78, 5) is 29.1. The first kappa shape index (κ1) is 34.7. The van der Waals surface area contributed by atoms with Gasteiger partial charge in [0.2, 0.25) is 21.8 Å². The number of nitrogens with one attached hydrogen (secondary N) is 1. The van der Waals surface area contributed by atoms with E-state index in [-0.39, 0.29) is 24.0 Å². The van der Waals surface area contributed by atoms with Crippen molar-refractivity contribution in [3.8, 4) is 5.75 Å².